The number of aryl methyl sites for hydroxylation is 1. The highest BCUT2D eigenvalue weighted by molar-refractivity contribution is 5.93. The van der Waals surface area contributed by atoms with E-state index in [0.29, 0.717) is 5.56 Å². The maximum Gasteiger partial charge on any atom is 0.248 e. The van der Waals surface area contributed by atoms with Crippen molar-refractivity contribution in [1.29, 1.82) is 0 Å². The molecule has 4 aromatic rings. The van der Waals surface area contributed by atoms with Crippen LogP contribution in [0.5, 0.6) is 0 Å². The van der Waals surface area contributed by atoms with Crippen LogP contribution in [0, 0.1) is 6.92 Å². The first-order valence-electron chi connectivity index (χ1n) is 8.30. The van der Waals surface area contributed by atoms with Crippen LogP contribution in [-0.2, 0) is 0 Å². The van der Waals surface area contributed by atoms with E-state index in [2.05, 4.69) is 39.9 Å². The number of primary amides is 1. The van der Waals surface area contributed by atoms with Crippen LogP contribution in [-0.4, -0.2) is 20.0 Å². The maximum atomic E-state index is 11.4. The minimum absolute atomic E-state index is 0.414. The number of hydrogen-bond acceptors (Lipinski definition) is 2. The van der Waals surface area contributed by atoms with Crippen LogP contribution in [0.15, 0.2) is 79.5 Å². The number of hydrogen-bond donors (Lipinski definition) is 1. The smallest absolute Gasteiger partial charge is 0.248 e. The van der Waals surface area contributed by atoms with Gasteiger partial charge in [-0.1, -0.05) is 12.1 Å². The van der Waals surface area contributed by atoms with Gasteiger partial charge in [-0.15, -0.1) is 0 Å². The van der Waals surface area contributed by atoms with E-state index in [4.69, 9.17) is 5.73 Å². The number of nitrogens with two attached hydrogens (primary N) is 1. The Morgan fingerprint density at radius 1 is 1.04 bits per heavy atom. The Balaban J connectivity index is 1.72. The number of benzene rings is 2. The molecule has 1 amide bonds. The minimum atomic E-state index is -0.414. The first-order chi connectivity index (χ1) is 12.6. The van der Waals surface area contributed by atoms with Gasteiger partial charge in [0.05, 0.1) is 12.0 Å². The summed E-state index contributed by atoms with van der Waals surface area (Å²) in [4.78, 5) is 15.5. The van der Waals surface area contributed by atoms with Crippen molar-refractivity contribution >= 4 is 5.91 Å². The van der Waals surface area contributed by atoms with Gasteiger partial charge in [0.15, 0.2) is 0 Å². The van der Waals surface area contributed by atoms with Crippen molar-refractivity contribution in [3.8, 4) is 22.6 Å². The Morgan fingerprint density at radius 2 is 1.85 bits per heavy atom. The Hall–Kier alpha value is -3.60. The third kappa shape index (κ3) is 2.80. The third-order valence-electron chi connectivity index (χ3n) is 4.46. The predicted molar refractivity (Wildman–Crippen MR) is 102 cm³/mol. The first kappa shape index (κ1) is 15.9. The lowest BCUT2D eigenvalue weighted by atomic mass is 10.1. The Kier molecular flexibility index (Phi) is 3.89. The second-order valence-electron chi connectivity index (χ2n) is 6.15. The quantitative estimate of drug-likeness (QED) is 0.614. The Morgan fingerprint density at radius 3 is 2.50 bits per heavy atom. The van der Waals surface area contributed by atoms with Gasteiger partial charge >= 0.3 is 0 Å². The lowest BCUT2D eigenvalue weighted by Gasteiger charge is -2.13. The highest BCUT2D eigenvalue weighted by Gasteiger charge is 2.10. The number of carbonyl (C=O) groups excluding carboxylic acids is 1. The fourth-order valence-corrected chi connectivity index (χ4v) is 3.12. The van der Waals surface area contributed by atoms with Crippen molar-refractivity contribution in [2.75, 3.05) is 0 Å². The second-order valence-corrected chi connectivity index (χ2v) is 6.15. The van der Waals surface area contributed by atoms with Gasteiger partial charge in [-0.3, -0.25) is 4.79 Å². The van der Waals surface area contributed by atoms with Crippen LogP contribution >= 0.6 is 0 Å². The highest BCUT2D eigenvalue weighted by atomic mass is 16.1. The van der Waals surface area contributed by atoms with Crippen molar-refractivity contribution in [2.24, 2.45) is 5.73 Å². The normalized spacial score (nSPS) is 10.8. The molecule has 5 heteroatoms. The van der Waals surface area contributed by atoms with Crippen LogP contribution < -0.4 is 5.73 Å². The van der Waals surface area contributed by atoms with Crippen LogP contribution in [0.3, 0.4) is 0 Å². The molecule has 0 saturated heterocycles. The molecule has 128 valence electrons. The molecule has 0 spiro atoms. The van der Waals surface area contributed by atoms with Gasteiger partial charge in [-0.05, 0) is 60.5 Å². The largest absolute Gasteiger partial charge is 0.366 e. The summed E-state index contributed by atoms with van der Waals surface area (Å²) in [5.74, 6) is -0.414. The first-order valence-corrected chi connectivity index (χ1v) is 8.30. The number of rotatable bonds is 4. The molecule has 0 unspecified atom stereocenters. The molecule has 0 aliphatic rings. The average molecular weight is 342 g/mol. The van der Waals surface area contributed by atoms with Gasteiger partial charge < -0.3 is 14.9 Å². The molecule has 5 nitrogen and oxygen atoms in total. The molecule has 0 radical (unpaired) electrons. The Labute approximate surface area is 151 Å². The predicted octanol–water partition coefficient (Wildman–Crippen LogP) is 3.74. The van der Waals surface area contributed by atoms with Gasteiger partial charge in [0, 0.05) is 35.5 Å². The van der Waals surface area contributed by atoms with Gasteiger partial charge in [0.25, 0.3) is 0 Å². The molecule has 0 aliphatic heterocycles. The topological polar surface area (TPSA) is 65.8 Å². The fraction of sp³-hybridized carbons (Fsp3) is 0.0476. The van der Waals surface area contributed by atoms with E-state index in [1.807, 2.05) is 42.1 Å². The SMILES string of the molecule is Cc1cc(C(N)=O)ccc1-n1cccc1-c1ccc(-n2ccnc2)cc1. The number of carbonyl (C=O) groups is 1. The number of nitrogens with zero attached hydrogens (tertiary/aromatic N) is 3. The fourth-order valence-electron chi connectivity index (χ4n) is 3.12. The average Bonchev–Trinajstić information content (AvgIpc) is 3.34. The van der Waals surface area contributed by atoms with Crippen molar-refractivity contribution in [3.05, 3.63) is 90.6 Å². The van der Waals surface area contributed by atoms with Crippen molar-refractivity contribution in [3.63, 3.8) is 0 Å². The lowest BCUT2D eigenvalue weighted by molar-refractivity contribution is 0.1000. The van der Waals surface area contributed by atoms with Crippen molar-refractivity contribution in [1.82, 2.24) is 14.1 Å². The summed E-state index contributed by atoms with van der Waals surface area (Å²) in [5.41, 5.74) is 11.2. The molecule has 0 saturated carbocycles. The molecule has 0 atom stereocenters. The van der Waals surface area contributed by atoms with Crippen LogP contribution in [0.1, 0.15) is 15.9 Å². The van der Waals surface area contributed by atoms with Crippen molar-refractivity contribution in [2.45, 2.75) is 6.92 Å². The molecule has 4 rings (SSSR count). The molecule has 2 aromatic carbocycles. The summed E-state index contributed by atoms with van der Waals surface area (Å²) in [7, 11) is 0. The molecular formula is C21H18N4O. The van der Waals surface area contributed by atoms with E-state index in [1.165, 1.54) is 0 Å². The highest BCUT2D eigenvalue weighted by Crippen LogP contribution is 2.27. The summed E-state index contributed by atoms with van der Waals surface area (Å²) < 4.78 is 4.09. The summed E-state index contributed by atoms with van der Waals surface area (Å²) in [6.45, 7) is 1.98. The van der Waals surface area contributed by atoms with Gasteiger partial charge in [-0.25, -0.2) is 4.98 Å². The van der Waals surface area contributed by atoms with E-state index in [1.54, 1.807) is 18.6 Å². The van der Waals surface area contributed by atoms with Crippen LogP contribution in [0.25, 0.3) is 22.6 Å². The van der Waals surface area contributed by atoms with Crippen LogP contribution in [0.2, 0.25) is 0 Å². The molecule has 2 heterocycles. The molecular weight excluding hydrogens is 324 g/mol. The third-order valence-corrected chi connectivity index (χ3v) is 4.46. The van der Waals surface area contributed by atoms with Gasteiger partial charge in [0.2, 0.25) is 5.91 Å². The number of imidazole rings is 1. The Bertz CT molecular complexity index is 1060. The molecule has 0 bridgehead atoms. The van der Waals surface area contributed by atoms with E-state index in [9.17, 15) is 4.79 Å². The van der Waals surface area contributed by atoms with Gasteiger partial charge in [-0.2, -0.15) is 0 Å². The van der Waals surface area contributed by atoms with Crippen LogP contribution in [0.4, 0.5) is 0 Å². The number of amides is 1. The summed E-state index contributed by atoms with van der Waals surface area (Å²) in [6.07, 6.45) is 7.48. The summed E-state index contributed by atoms with van der Waals surface area (Å²) >= 11 is 0. The number of aromatic nitrogens is 3. The zero-order valence-corrected chi connectivity index (χ0v) is 14.3. The zero-order valence-electron chi connectivity index (χ0n) is 14.3. The minimum Gasteiger partial charge on any atom is -0.366 e. The van der Waals surface area contributed by atoms with E-state index in [0.717, 1.165) is 28.2 Å². The standard InChI is InChI=1S/C21H18N4O/c1-15-13-17(21(22)26)6-9-19(15)25-11-2-3-20(25)16-4-7-18(8-5-16)24-12-10-23-14-24/h2-14H,1H3,(H2,22,26). The summed E-state index contributed by atoms with van der Waals surface area (Å²) in [5, 5.41) is 0. The molecule has 26 heavy (non-hydrogen) atoms. The molecule has 2 aromatic heterocycles. The van der Waals surface area contributed by atoms with E-state index < -0.39 is 5.91 Å². The summed E-state index contributed by atoms with van der Waals surface area (Å²) in [6, 6.07) is 17.9. The van der Waals surface area contributed by atoms with Gasteiger partial charge in [0.1, 0.15) is 0 Å². The molecule has 2 N–H and O–H groups in total. The van der Waals surface area contributed by atoms with Crippen molar-refractivity contribution < 1.29 is 4.79 Å². The monoisotopic (exact) mass is 342 g/mol. The van der Waals surface area contributed by atoms with E-state index in [-0.39, 0.29) is 0 Å². The van der Waals surface area contributed by atoms with E-state index >= 15 is 0 Å². The second kappa shape index (κ2) is 6.37. The zero-order chi connectivity index (χ0) is 18.1. The molecule has 0 aliphatic carbocycles. The maximum absolute atomic E-state index is 11.4. The molecule has 0 fully saturated rings. The lowest BCUT2D eigenvalue weighted by Crippen LogP contribution is -2.11.